The van der Waals surface area contributed by atoms with Gasteiger partial charge in [0.25, 0.3) is 5.91 Å². The average molecular weight is 409 g/mol. The number of piperidine rings is 1. The van der Waals surface area contributed by atoms with Crippen LogP contribution in [0.3, 0.4) is 0 Å². The highest BCUT2D eigenvalue weighted by Crippen LogP contribution is 2.38. The number of hydrogen-bond acceptors (Lipinski definition) is 4. The van der Waals surface area contributed by atoms with Gasteiger partial charge in [-0.1, -0.05) is 37.1 Å². The highest BCUT2D eigenvalue weighted by molar-refractivity contribution is 5.92. The number of hydrogen-bond donors (Lipinski definition) is 1. The molecule has 6 heteroatoms. The van der Waals surface area contributed by atoms with Crippen molar-refractivity contribution in [3.63, 3.8) is 0 Å². The average Bonchev–Trinajstić information content (AvgIpc) is 3.50. The van der Waals surface area contributed by atoms with E-state index in [-0.39, 0.29) is 18.1 Å². The summed E-state index contributed by atoms with van der Waals surface area (Å²) in [7, 11) is 0. The number of imidazole rings is 1. The third kappa shape index (κ3) is 3.67. The fourth-order valence-electron chi connectivity index (χ4n) is 5.55. The summed E-state index contributed by atoms with van der Waals surface area (Å²) in [4.78, 5) is 19.7. The van der Waals surface area contributed by atoms with Crippen LogP contribution in [0.5, 0.6) is 0 Å². The first-order chi connectivity index (χ1) is 14.7. The maximum atomic E-state index is 13.4. The monoisotopic (exact) mass is 408 g/mol. The van der Waals surface area contributed by atoms with E-state index in [1.165, 1.54) is 36.8 Å². The highest BCUT2D eigenvalue weighted by atomic mass is 16.5. The topological polar surface area (TPSA) is 59.4 Å². The molecule has 3 aliphatic rings. The van der Waals surface area contributed by atoms with Crippen molar-refractivity contribution in [3.05, 3.63) is 53.6 Å². The van der Waals surface area contributed by atoms with Crippen LogP contribution >= 0.6 is 0 Å². The van der Waals surface area contributed by atoms with Crippen LogP contribution in [-0.4, -0.2) is 58.7 Å². The molecule has 1 saturated carbocycles. The zero-order valence-corrected chi connectivity index (χ0v) is 17.8. The van der Waals surface area contributed by atoms with E-state index in [0.29, 0.717) is 24.2 Å². The number of morpholine rings is 1. The Balaban J connectivity index is 1.38. The van der Waals surface area contributed by atoms with Crippen LogP contribution in [0.1, 0.15) is 72.6 Å². The number of ether oxygens (including phenoxy) is 1. The van der Waals surface area contributed by atoms with Crippen LogP contribution in [0.25, 0.3) is 0 Å². The Hall–Kier alpha value is -2.18. The van der Waals surface area contributed by atoms with Crippen molar-refractivity contribution >= 4 is 5.91 Å². The van der Waals surface area contributed by atoms with E-state index < -0.39 is 0 Å². The van der Waals surface area contributed by atoms with Gasteiger partial charge >= 0.3 is 0 Å². The summed E-state index contributed by atoms with van der Waals surface area (Å²) in [5, 5.41) is 3.52. The fraction of sp³-hybridized carbons (Fsp3) is 0.583. The molecule has 0 spiro atoms. The molecule has 0 radical (unpaired) electrons. The first-order valence-corrected chi connectivity index (χ1v) is 11.5. The van der Waals surface area contributed by atoms with E-state index in [0.717, 1.165) is 26.1 Å². The molecule has 5 rings (SSSR count). The zero-order chi connectivity index (χ0) is 20.5. The van der Waals surface area contributed by atoms with Gasteiger partial charge in [0.1, 0.15) is 5.69 Å². The van der Waals surface area contributed by atoms with Crippen LogP contribution in [0, 0.1) is 0 Å². The van der Waals surface area contributed by atoms with Crippen LogP contribution in [0.15, 0.2) is 36.8 Å². The van der Waals surface area contributed by atoms with Crippen LogP contribution in [-0.2, 0) is 4.74 Å². The number of rotatable bonds is 4. The van der Waals surface area contributed by atoms with Crippen molar-refractivity contribution in [1.82, 2.24) is 19.8 Å². The number of carbonyl (C=O) groups is 1. The van der Waals surface area contributed by atoms with E-state index in [4.69, 9.17) is 4.74 Å². The Morgan fingerprint density at radius 3 is 2.93 bits per heavy atom. The number of nitrogens with zero attached hydrogens (tertiary/aromatic N) is 3. The van der Waals surface area contributed by atoms with Crippen molar-refractivity contribution in [1.29, 1.82) is 0 Å². The molecular formula is C24H32N4O2. The molecule has 3 atom stereocenters. The van der Waals surface area contributed by atoms with Gasteiger partial charge in [-0.2, -0.15) is 0 Å². The number of nitrogens with one attached hydrogen (secondary N) is 1. The third-order valence-electron chi connectivity index (χ3n) is 7.23. The number of amides is 1. The van der Waals surface area contributed by atoms with E-state index in [1.54, 1.807) is 6.20 Å². The minimum atomic E-state index is 0.0605. The van der Waals surface area contributed by atoms with Gasteiger partial charge in [-0.3, -0.25) is 4.79 Å². The molecule has 30 heavy (non-hydrogen) atoms. The van der Waals surface area contributed by atoms with Crippen LogP contribution in [0.4, 0.5) is 0 Å². The molecule has 0 bridgehead atoms. The molecule has 3 heterocycles. The molecule has 2 aliphatic heterocycles. The lowest BCUT2D eigenvalue weighted by Crippen LogP contribution is -2.58. The number of carbonyl (C=O) groups excluding carboxylic acids is 1. The first kappa shape index (κ1) is 19.8. The van der Waals surface area contributed by atoms with E-state index in [9.17, 15) is 4.79 Å². The van der Waals surface area contributed by atoms with Gasteiger partial charge in [-0.25, -0.2) is 4.98 Å². The first-order valence-electron chi connectivity index (χ1n) is 11.5. The van der Waals surface area contributed by atoms with Crippen molar-refractivity contribution < 1.29 is 9.53 Å². The second-order valence-corrected chi connectivity index (χ2v) is 8.98. The van der Waals surface area contributed by atoms with Crippen molar-refractivity contribution in [2.45, 2.75) is 63.1 Å². The third-order valence-corrected chi connectivity index (χ3v) is 7.23. The Labute approximate surface area is 178 Å². The van der Waals surface area contributed by atoms with Gasteiger partial charge in [0.2, 0.25) is 0 Å². The summed E-state index contributed by atoms with van der Waals surface area (Å²) in [6.45, 7) is 5.21. The Bertz CT molecular complexity index is 889. The SMILES string of the molecule is C[C@@H](c1ccccc1C1CCCC1)n1cncc1C(=O)N1CCC2NCCO[C@@H]2C1. The molecule has 1 aromatic carbocycles. The molecule has 1 aromatic heterocycles. The van der Waals surface area contributed by atoms with Gasteiger partial charge in [-0.05, 0) is 43.2 Å². The van der Waals surface area contributed by atoms with Gasteiger partial charge in [0.15, 0.2) is 0 Å². The molecule has 1 aliphatic carbocycles. The number of benzene rings is 1. The predicted molar refractivity (Wildman–Crippen MR) is 116 cm³/mol. The van der Waals surface area contributed by atoms with Crippen molar-refractivity contribution in [3.8, 4) is 0 Å². The molecule has 1 N–H and O–H groups in total. The Kier molecular flexibility index (Phi) is 5.61. The normalized spacial score (nSPS) is 25.8. The zero-order valence-electron chi connectivity index (χ0n) is 17.8. The summed E-state index contributed by atoms with van der Waals surface area (Å²) in [5.41, 5.74) is 3.43. The van der Waals surface area contributed by atoms with Gasteiger partial charge in [-0.15, -0.1) is 0 Å². The smallest absolute Gasteiger partial charge is 0.272 e. The minimum absolute atomic E-state index is 0.0605. The lowest BCUT2D eigenvalue weighted by molar-refractivity contribution is -0.0417. The Morgan fingerprint density at radius 1 is 1.23 bits per heavy atom. The molecule has 2 saturated heterocycles. The highest BCUT2D eigenvalue weighted by Gasteiger charge is 2.35. The van der Waals surface area contributed by atoms with Gasteiger partial charge in [0.05, 0.1) is 31.3 Å². The van der Waals surface area contributed by atoms with Gasteiger partial charge < -0.3 is 19.5 Å². The standard InChI is InChI=1S/C24H32N4O2/c1-17(19-8-4-5-9-20(19)18-6-2-3-7-18)28-16-25-14-22(28)24(29)27-12-10-21-23(15-27)30-13-11-26-21/h4-5,8-9,14,16-18,21,23,26H,2-3,6-7,10-13,15H2,1H3/t17-,21?,23+/m0/s1. The molecule has 3 fully saturated rings. The summed E-state index contributed by atoms with van der Waals surface area (Å²) in [6, 6.07) is 9.20. The van der Waals surface area contributed by atoms with E-state index in [1.807, 2.05) is 11.2 Å². The number of aromatic nitrogens is 2. The summed E-state index contributed by atoms with van der Waals surface area (Å²) in [6.07, 6.45) is 9.73. The number of likely N-dealkylation sites (tertiary alicyclic amines) is 1. The fourth-order valence-corrected chi connectivity index (χ4v) is 5.55. The van der Waals surface area contributed by atoms with Crippen molar-refractivity contribution in [2.75, 3.05) is 26.2 Å². The maximum Gasteiger partial charge on any atom is 0.272 e. The minimum Gasteiger partial charge on any atom is -0.373 e. The number of fused-ring (bicyclic) bond motifs is 1. The second kappa shape index (κ2) is 8.52. The predicted octanol–water partition coefficient (Wildman–Crippen LogP) is 3.35. The maximum absolute atomic E-state index is 13.4. The lowest BCUT2D eigenvalue weighted by atomic mass is 9.90. The molecule has 160 valence electrons. The molecule has 2 aromatic rings. The van der Waals surface area contributed by atoms with E-state index in [2.05, 4.69) is 46.1 Å². The molecule has 1 unspecified atom stereocenters. The molecule has 1 amide bonds. The Morgan fingerprint density at radius 2 is 2.07 bits per heavy atom. The van der Waals surface area contributed by atoms with E-state index >= 15 is 0 Å². The lowest BCUT2D eigenvalue weighted by Gasteiger charge is -2.41. The van der Waals surface area contributed by atoms with Crippen LogP contribution in [0.2, 0.25) is 0 Å². The molecular weight excluding hydrogens is 376 g/mol. The summed E-state index contributed by atoms with van der Waals surface area (Å²) in [5.74, 6) is 0.701. The largest absolute Gasteiger partial charge is 0.373 e. The van der Waals surface area contributed by atoms with Crippen LogP contribution < -0.4 is 5.32 Å². The second-order valence-electron chi connectivity index (χ2n) is 8.98. The molecule has 6 nitrogen and oxygen atoms in total. The quantitative estimate of drug-likeness (QED) is 0.843. The van der Waals surface area contributed by atoms with Crippen molar-refractivity contribution in [2.24, 2.45) is 0 Å². The van der Waals surface area contributed by atoms with Gasteiger partial charge in [0, 0.05) is 25.7 Å². The summed E-state index contributed by atoms with van der Waals surface area (Å²) >= 11 is 0. The summed E-state index contributed by atoms with van der Waals surface area (Å²) < 4.78 is 7.98.